The number of carbonyl (C=O) groups excluding carboxylic acids is 3. The summed E-state index contributed by atoms with van der Waals surface area (Å²) in [6.45, 7) is 2.34. The Hall–Kier alpha value is -5.87. The van der Waals surface area contributed by atoms with E-state index in [1.807, 2.05) is 0 Å². The van der Waals surface area contributed by atoms with E-state index in [1.54, 1.807) is 0 Å². The van der Waals surface area contributed by atoms with Gasteiger partial charge in [-0.2, -0.15) is 0 Å². The number of hydrogen-bond donors (Lipinski definition) is 4. The first-order chi connectivity index (χ1) is 59.2. The van der Waals surface area contributed by atoms with Crippen LogP contribution in [0.2, 0.25) is 0 Å². The summed E-state index contributed by atoms with van der Waals surface area (Å²) in [4.78, 5) is 59.1. The van der Waals surface area contributed by atoms with Gasteiger partial charge in [-0.15, -0.1) is 0 Å². The van der Waals surface area contributed by atoms with Crippen molar-refractivity contribution in [2.24, 2.45) is 0 Å². The first kappa shape index (κ1) is 115. The summed E-state index contributed by atoms with van der Waals surface area (Å²) in [5.41, 5.74) is 0. The van der Waals surface area contributed by atoms with Crippen molar-refractivity contribution in [3.05, 3.63) is 207 Å². The zero-order valence-corrected chi connectivity index (χ0v) is 77.7. The molecule has 4 N–H and O–H groups in total. The van der Waals surface area contributed by atoms with E-state index in [1.165, 1.54) is 96.3 Å². The summed E-state index contributed by atoms with van der Waals surface area (Å²) >= 11 is 0. The maximum Gasteiger partial charge on any atom is 0.472 e. The van der Waals surface area contributed by atoms with Crippen LogP contribution >= 0.6 is 15.6 Å². The number of esters is 3. The zero-order valence-electron chi connectivity index (χ0n) is 75.9. The van der Waals surface area contributed by atoms with Gasteiger partial charge in [-0.3, -0.25) is 32.5 Å². The van der Waals surface area contributed by atoms with Crippen LogP contribution in [0.5, 0.6) is 0 Å². The minimum absolute atomic E-state index is 0.0775. The van der Waals surface area contributed by atoms with Crippen LogP contribution in [-0.4, -0.2) is 95.9 Å². The lowest BCUT2D eigenvalue weighted by molar-refractivity contribution is -0.161. The lowest BCUT2D eigenvalue weighted by atomic mass is 10.0. The summed E-state index contributed by atoms with van der Waals surface area (Å²) in [6, 6.07) is 0. The molecule has 0 radical (unpaired) electrons. The van der Waals surface area contributed by atoms with E-state index >= 15 is 0 Å². The van der Waals surface area contributed by atoms with E-state index in [2.05, 4.69) is 227 Å². The molecule has 0 amide bonds. The smallest absolute Gasteiger partial charge is 0.463 e. The summed E-state index contributed by atoms with van der Waals surface area (Å²) in [5, 5.41) is 20.8. The van der Waals surface area contributed by atoms with Crippen LogP contribution in [0.15, 0.2) is 207 Å². The number of unbranched alkanes of at least 4 members (excludes halogenated alkanes) is 31. The van der Waals surface area contributed by atoms with Gasteiger partial charge in [0.25, 0.3) is 0 Å². The van der Waals surface area contributed by atoms with Gasteiger partial charge in [0.15, 0.2) is 6.10 Å². The van der Waals surface area contributed by atoms with Gasteiger partial charge in [-0.1, -0.05) is 388 Å². The minimum Gasteiger partial charge on any atom is -0.463 e. The molecule has 688 valence electrons. The molecule has 0 aliphatic carbocycles. The molecule has 0 saturated heterocycles. The predicted molar refractivity (Wildman–Crippen MR) is 509 cm³/mol. The van der Waals surface area contributed by atoms with E-state index in [-0.39, 0.29) is 19.3 Å². The molecule has 0 aliphatic heterocycles. The van der Waals surface area contributed by atoms with Crippen LogP contribution in [0.1, 0.15) is 367 Å². The SMILES string of the molecule is CC/C=C\C/C=C\C/C=C\C/C=C\C/C=C\C/C=C\CCCCCCCCCCC(=O)OCC(COP(=O)(O)OCC(O)COP(=O)(O)OCC(O)COC(=O)CCCCCCCCCCCCCCCCCCC/C=C\C/C=C\C/C=C\C/C=C\C/C=C\CC)OC(=O)CCCCCCCC/C=C\C/C=C\C/C=C\C/C=C\C/C=C\C/C=C\CC. The standard InChI is InChI=1S/C103H170O16P2/c1-4-7-10-13-16-19-22-25-28-31-34-37-40-43-45-46-47-48-49-50-52-55-56-59-62-65-68-71-74-77-80-83-86-89-101(106)113-92-98(104)93-115-120(109,110)116-94-99(105)95-117-121(111,112)118-97-100(119-103(108)91-88-85-82-79-76-73-70-67-64-61-58-53-42-39-36-33-30-27-24-21-18-15-12-9-6-3)96-114-102(107)90-87-84-81-78-75-72-69-66-63-60-57-54-51-44-41-38-35-32-29-26-23-20-17-14-11-8-5-2/h7-12,16-21,25-30,34-39,43-45,51,53,57-58,60,64,67,98-100,104-105H,4-6,13-15,22-24,31-33,40-42,46-50,52,54-56,59,61-63,65-66,68-97H2,1-3H3,(H,109,110)(H,111,112)/b10-7-,11-8-,12-9-,19-16-,20-17-,21-18-,28-25-,29-26-,30-27-,37-34-,38-35-,39-36-,45-43-,51-44-,58-53-,60-57-,67-64-. The maximum atomic E-state index is 13.1. The van der Waals surface area contributed by atoms with Crippen molar-refractivity contribution < 1.29 is 75.8 Å². The second-order valence-electron chi connectivity index (χ2n) is 31.0. The average molecular weight is 1730 g/mol. The molecule has 0 aliphatic rings. The van der Waals surface area contributed by atoms with Crippen LogP contribution in [-0.2, 0) is 55.8 Å². The first-order valence-corrected chi connectivity index (χ1v) is 50.4. The molecule has 18 heteroatoms. The Bertz CT molecular complexity index is 3030. The number of ether oxygens (including phenoxy) is 3. The Balaban J connectivity index is 4.64. The molecule has 0 bridgehead atoms. The van der Waals surface area contributed by atoms with Crippen molar-refractivity contribution in [1.29, 1.82) is 0 Å². The number of aliphatic hydroxyl groups excluding tert-OH is 2. The molecule has 0 spiro atoms. The number of phosphoric acid groups is 2. The number of aliphatic hydroxyl groups is 2. The zero-order chi connectivity index (χ0) is 87.9. The topological polar surface area (TPSA) is 231 Å². The Morgan fingerprint density at radius 2 is 0.413 bits per heavy atom. The molecular weight excluding hydrogens is 1560 g/mol. The van der Waals surface area contributed by atoms with Gasteiger partial charge in [0.1, 0.15) is 25.4 Å². The molecule has 5 atom stereocenters. The molecule has 0 heterocycles. The van der Waals surface area contributed by atoms with E-state index in [0.717, 1.165) is 212 Å². The highest BCUT2D eigenvalue weighted by Gasteiger charge is 2.29. The van der Waals surface area contributed by atoms with Gasteiger partial charge in [-0.05, 0) is 167 Å². The molecule has 0 aromatic rings. The largest absolute Gasteiger partial charge is 0.472 e. The Kier molecular flexibility index (Phi) is 88.8. The maximum absolute atomic E-state index is 13.1. The monoisotopic (exact) mass is 1730 g/mol. The summed E-state index contributed by atoms with van der Waals surface area (Å²) in [7, 11) is -9.83. The molecule has 16 nitrogen and oxygen atoms in total. The van der Waals surface area contributed by atoms with Crippen molar-refractivity contribution >= 4 is 33.6 Å². The fourth-order valence-electron chi connectivity index (χ4n) is 12.4. The van der Waals surface area contributed by atoms with Crippen molar-refractivity contribution in [2.75, 3.05) is 39.6 Å². The van der Waals surface area contributed by atoms with Crippen LogP contribution in [0.3, 0.4) is 0 Å². The summed E-state index contributed by atoms with van der Waals surface area (Å²) in [5.74, 6) is -1.60. The second kappa shape index (κ2) is 93.3. The highest BCUT2D eigenvalue weighted by atomic mass is 31.2. The van der Waals surface area contributed by atoms with E-state index in [4.69, 9.17) is 32.3 Å². The number of rotatable bonds is 88. The highest BCUT2D eigenvalue weighted by molar-refractivity contribution is 7.47. The third kappa shape index (κ3) is 94.6. The van der Waals surface area contributed by atoms with Crippen LogP contribution in [0, 0.1) is 0 Å². The fraction of sp³-hybridized carbons (Fsp3) is 0.641. The quantitative estimate of drug-likeness (QED) is 0.0146. The Morgan fingerprint density at radius 3 is 0.653 bits per heavy atom. The first-order valence-electron chi connectivity index (χ1n) is 47.4. The second-order valence-corrected chi connectivity index (χ2v) is 33.9. The van der Waals surface area contributed by atoms with Crippen molar-refractivity contribution in [3.8, 4) is 0 Å². The normalized spacial score (nSPS) is 14.7. The summed E-state index contributed by atoms with van der Waals surface area (Å²) in [6.07, 6.45) is 126. The van der Waals surface area contributed by atoms with Crippen molar-refractivity contribution in [2.45, 2.75) is 386 Å². The van der Waals surface area contributed by atoms with E-state index in [0.29, 0.717) is 19.3 Å². The van der Waals surface area contributed by atoms with Gasteiger partial charge < -0.3 is 34.2 Å². The summed E-state index contributed by atoms with van der Waals surface area (Å²) < 4.78 is 61.5. The Morgan fingerprint density at radius 1 is 0.231 bits per heavy atom. The lowest BCUT2D eigenvalue weighted by Crippen LogP contribution is -2.30. The fourth-order valence-corrected chi connectivity index (χ4v) is 14.0. The van der Waals surface area contributed by atoms with Gasteiger partial charge in [0.05, 0.1) is 26.4 Å². The van der Waals surface area contributed by atoms with Gasteiger partial charge in [-0.25, -0.2) is 9.13 Å². The molecule has 5 unspecified atom stereocenters. The van der Waals surface area contributed by atoms with E-state index < -0.39 is 91.5 Å². The third-order valence-electron chi connectivity index (χ3n) is 19.5. The number of hydrogen-bond acceptors (Lipinski definition) is 14. The van der Waals surface area contributed by atoms with Crippen molar-refractivity contribution in [1.82, 2.24) is 0 Å². The van der Waals surface area contributed by atoms with Crippen molar-refractivity contribution in [3.63, 3.8) is 0 Å². The Labute approximate surface area is 737 Å². The molecule has 0 fully saturated rings. The third-order valence-corrected chi connectivity index (χ3v) is 21.4. The highest BCUT2D eigenvalue weighted by Crippen LogP contribution is 2.45. The predicted octanol–water partition coefficient (Wildman–Crippen LogP) is 29.6. The molecular formula is C103H170O16P2. The van der Waals surface area contributed by atoms with Gasteiger partial charge in [0.2, 0.25) is 0 Å². The number of carbonyl (C=O) groups is 3. The number of phosphoric ester groups is 2. The van der Waals surface area contributed by atoms with Gasteiger partial charge in [0, 0.05) is 19.3 Å². The van der Waals surface area contributed by atoms with Crippen LogP contribution in [0.4, 0.5) is 0 Å². The molecule has 0 rings (SSSR count). The molecule has 121 heavy (non-hydrogen) atoms. The van der Waals surface area contributed by atoms with Gasteiger partial charge >= 0.3 is 33.6 Å². The minimum atomic E-state index is -4.96. The molecule has 0 aromatic carbocycles. The molecule has 0 saturated carbocycles. The van der Waals surface area contributed by atoms with Crippen LogP contribution in [0.25, 0.3) is 0 Å². The lowest BCUT2D eigenvalue weighted by Gasteiger charge is -2.21. The van der Waals surface area contributed by atoms with E-state index in [9.17, 15) is 43.5 Å². The number of allylic oxidation sites excluding steroid dienone is 34. The molecule has 0 aromatic heterocycles. The average Bonchev–Trinajstić information content (AvgIpc) is 0.895. The van der Waals surface area contributed by atoms with Crippen LogP contribution < -0.4 is 0 Å².